The van der Waals surface area contributed by atoms with E-state index in [1.54, 1.807) is 0 Å². The zero-order chi connectivity index (χ0) is 38.7. The number of nitrogens with one attached hydrogen (secondary N) is 2. The molecule has 0 bridgehead atoms. The second-order valence-corrected chi connectivity index (χ2v) is 15.2. The lowest BCUT2D eigenvalue weighted by Gasteiger charge is -2.37. The number of carbonyl (C=O) groups excluding carboxylic acids is 2. The van der Waals surface area contributed by atoms with Crippen LogP contribution in [0.3, 0.4) is 0 Å². The number of amides is 2. The number of piperazine rings is 2. The first-order valence-corrected chi connectivity index (χ1v) is 18.9. The maximum atomic E-state index is 15.7. The Morgan fingerprint density at radius 3 is 1.44 bits per heavy atom. The van der Waals surface area contributed by atoms with E-state index in [0.717, 1.165) is 26.2 Å². The summed E-state index contributed by atoms with van der Waals surface area (Å²) in [6, 6.07) is 1.99. The van der Waals surface area contributed by atoms with Gasteiger partial charge in [0.2, 0.25) is 10.9 Å². The summed E-state index contributed by atoms with van der Waals surface area (Å²) in [6.07, 6.45) is 3.31. The van der Waals surface area contributed by atoms with Crippen molar-refractivity contribution in [2.24, 2.45) is 0 Å². The van der Waals surface area contributed by atoms with Gasteiger partial charge in [-0.05, 0) is 46.5 Å². The largest absolute Gasteiger partial charge is 0.487 e. The highest BCUT2D eigenvalue weighted by molar-refractivity contribution is 6.01. The van der Waals surface area contributed by atoms with Crippen molar-refractivity contribution in [3.8, 4) is 11.5 Å². The van der Waals surface area contributed by atoms with Crippen molar-refractivity contribution in [2.45, 2.75) is 32.4 Å². The summed E-state index contributed by atoms with van der Waals surface area (Å²) in [4.78, 5) is 62.3. The van der Waals surface area contributed by atoms with Crippen LogP contribution < -0.4 is 40.8 Å². The van der Waals surface area contributed by atoms with Crippen molar-refractivity contribution >= 4 is 45.0 Å². The van der Waals surface area contributed by atoms with Crippen LogP contribution in [0, 0.1) is 11.6 Å². The molecule has 2 aromatic carbocycles. The third kappa shape index (κ3) is 6.44. The Labute approximate surface area is 316 Å². The molecule has 4 aromatic rings. The Morgan fingerprint density at radius 2 is 1.05 bits per heavy atom. The summed E-state index contributed by atoms with van der Waals surface area (Å²) >= 11 is 0. The molecule has 6 heterocycles. The van der Waals surface area contributed by atoms with Crippen LogP contribution in [-0.4, -0.2) is 124 Å². The van der Waals surface area contributed by atoms with Crippen LogP contribution >= 0.6 is 0 Å². The first-order chi connectivity index (χ1) is 26.4. The van der Waals surface area contributed by atoms with Crippen molar-refractivity contribution in [3.05, 3.63) is 67.7 Å². The Bertz CT molecular complexity index is 2170. The smallest absolute Gasteiger partial charge is 0.256 e. The molecule has 2 fully saturated rings. The number of rotatable bonds is 8. The number of nitrogens with zero attached hydrogens (tertiary/aromatic N) is 6. The van der Waals surface area contributed by atoms with Gasteiger partial charge >= 0.3 is 0 Å². The average Bonchev–Trinajstić information content (AvgIpc) is 3.16. The van der Waals surface area contributed by atoms with Crippen LogP contribution in [0.4, 0.5) is 20.2 Å². The zero-order valence-corrected chi connectivity index (χ0v) is 31.5. The molecule has 0 spiro atoms. The molecular weight excluding hydrogens is 714 g/mol. The van der Waals surface area contributed by atoms with Crippen LogP contribution in [0.1, 0.15) is 53.1 Å². The summed E-state index contributed by atoms with van der Waals surface area (Å²) in [5, 5.41) is 5.63. The first-order valence-electron chi connectivity index (χ1n) is 18.9. The second kappa shape index (κ2) is 14.5. The molecule has 14 nitrogen and oxygen atoms in total. The van der Waals surface area contributed by atoms with Crippen LogP contribution in [0.2, 0.25) is 0 Å². The summed E-state index contributed by atoms with van der Waals surface area (Å²) in [5.41, 5.74) is 0.152. The SMILES string of the molecule is CC1COc2c(N3CCN(C)CC3)c(F)cc3c(=O)c(C(=O)NCCCNC(=O)c4cn5c6c(c(N7CCN(C)CC7)c(F)cc6c4=O)OCC5C)cn1c23. The van der Waals surface area contributed by atoms with Crippen LogP contribution in [0.25, 0.3) is 21.8 Å². The number of pyridine rings is 2. The number of benzene rings is 2. The molecule has 0 saturated carbocycles. The molecule has 8 rings (SSSR count). The van der Waals surface area contributed by atoms with Gasteiger partial charge in [0.15, 0.2) is 23.1 Å². The van der Waals surface area contributed by atoms with E-state index in [0.29, 0.717) is 60.1 Å². The number of hydrogen-bond acceptors (Lipinski definition) is 10. The third-order valence-corrected chi connectivity index (χ3v) is 11.3. The Kier molecular flexibility index (Phi) is 9.65. The predicted molar refractivity (Wildman–Crippen MR) is 205 cm³/mol. The van der Waals surface area contributed by atoms with Crippen molar-refractivity contribution in [1.82, 2.24) is 29.6 Å². The Hall–Kier alpha value is -5.22. The first kappa shape index (κ1) is 36.7. The minimum Gasteiger partial charge on any atom is -0.487 e. The summed E-state index contributed by atoms with van der Waals surface area (Å²) in [5.74, 6) is -1.76. The van der Waals surface area contributed by atoms with Gasteiger partial charge in [0.1, 0.15) is 35.7 Å². The highest BCUT2D eigenvalue weighted by Gasteiger charge is 2.33. The molecule has 2 aromatic heterocycles. The molecule has 0 aliphatic carbocycles. The van der Waals surface area contributed by atoms with E-state index >= 15 is 8.78 Å². The standard InChI is InChI=1S/C39H46F2N8O6/c1-22-20-54-36-30-24(16-28(40)32(36)46-12-8-44(3)9-13-46)34(50)26(18-48(22)30)38(52)42-6-5-7-43-39(53)27-19-49-23(2)21-55-37-31(49)25(35(27)51)17-29(41)33(37)47-14-10-45(4)11-15-47/h16-19,22-23H,5-15,20-21H2,1-4H3,(H,42,52)(H,43,53). The van der Waals surface area contributed by atoms with Gasteiger partial charge in [-0.2, -0.15) is 0 Å². The number of hydrogen-bond donors (Lipinski definition) is 2. The topological polar surface area (TPSA) is 134 Å². The van der Waals surface area contributed by atoms with E-state index in [2.05, 4.69) is 20.4 Å². The summed E-state index contributed by atoms with van der Waals surface area (Å²) < 4.78 is 47.2. The van der Waals surface area contributed by atoms with E-state index in [-0.39, 0.29) is 66.7 Å². The highest BCUT2D eigenvalue weighted by Crippen LogP contribution is 2.43. The van der Waals surface area contributed by atoms with Crippen molar-refractivity contribution in [3.63, 3.8) is 0 Å². The quantitative estimate of drug-likeness (QED) is 0.259. The number of aromatic nitrogens is 2. The van der Waals surface area contributed by atoms with Crippen molar-refractivity contribution in [1.29, 1.82) is 0 Å². The van der Waals surface area contributed by atoms with E-state index in [4.69, 9.17) is 9.47 Å². The lowest BCUT2D eigenvalue weighted by molar-refractivity contribution is 0.0949. The minimum atomic E-state index is -0.623. The molecule has 2 saturated heterocycles. The lowest BCUT2D eigenvalue weighted by atomic mass is 10.0. The number of halogens is 2. The van der Waals surface area contributed by atoms with Crippen LogP contribution in [-0.2, 0) is 0 Å². The Morgan fingerprint density at radius 1 is 0.673 bits per heavy atom. The Balaban J connectivity index is 0.964. The van der Waals surface area contributed by atoms with Gasteiger partial charge in [-0.1, -0.05) is 0 Å². The molecule has 292 valence electrons. The minimum absolute atomic E-state index is 0.0704. The van der Waals surface area contributed by atoms with Gasteiger partial charge in [0, 0.05) is 77.8 Å². The molecule has 2 atom stereocenters. The zero-order valence-electron chi connectivity index (χ0n) is 31.5. The second-order valence-electron chi connectivity index (χ2n) is 15.2. The van der Waals surface area contributed by atoms with Gasteiger partial charge in [-0.15, -0.1) is 0 Å². The fourth-order valence-electron chi connectivity index (χ4n) is 8.08. The molecular formula is C39H46F2N8O6. The van der Waals surface area contributed by atoms with E-state index < -0.39 is 34.3 Å². The number of carbonyl (C=O) groups is 2. The van der Waals surface area contributed by atoms with Gasteiger partial charge < -0.3 is 48.8 Å². The van der Waals surface area contributed by atoms with Gasteiger partial charge in [0.05, 0.1) is 33.9 Å². The summed E-state index contributed by atoms with van der Waals surface area (Å²) in [6.45, 7) is 10.0. The fraction of sp³-hybridized carbons (Fsp3) is 0.487. The van der Waals surface area contributed by atoms with Gasteiger partial charge in [-0.25, -0.2) is 8.78 Å². The molecule has 16 heteroatoms. The number of ether oxygens (including phenoxy) is 2. The molecule has 0 radical (unpaired) electrons. The van der Waals surface area contributed by atoms with E-state index in [1.807, 2.05) is 46.9 Å². The normalized spacial score (nSPS) is 20.0. The van der Waals surface area contributed by atoms with Crippen LogP contribution in [0.5, 0.6) is 11.5 Å². The fourth-order valence-corrected chi connectivity index (χ4v) is 8.08. The molecule has 4 aliphatic heterocycles. The number of anilines is 2. The lowest BCUT2D eigenvalue weighted by Crippen LogP contribution is -2.45. The molecule has 55 heavy (non-hydrogen) atoms. The van der Waals surface area contributed by atoms with E-state index in [1.165, 1.54) is 24.5 Å². The third-order valence-electron chi connectivity index (χ3n) is 11.3. The maximum Gasteiger partial charge on any atom is 0.256 e. The maximum absolute atomic E-state index is 15.7. The van der Waals surface area contributed by atoms with Crippen LogP contribution in [0.15, 0.2) is 34.1 Å². The monoisotopic (exact) mass is 760 g/mol. The van der Waals surface area contributed by atoms with E-state index in [9.17, 15) is 19.2 Å². The van der Waals surface area contributed by atoms with Gasteiger partial charge in [0.25, 0.3) is 11.8 Å². The molecule has 4 aliphatic rings. The van der Waals surface area contributed by atoms with Crippen molar-refractivity contribution in [2.75, 3.05) is 103 Å². The molecule has 2 amide bonds. The highest BCUT2D eigenvalue weighted by atomic mass is 19.1. The van der Waals surface area contributed by atoms with Gasteiger partial charge in [-0.3, -0.25) is 19.2 Å². The molecule has 2 unspecified atom stereocenters. The van der Waals surface area contributed by atoms with Crippen molar-refractivity contribution < 1.29 is 27.8 Å². The predicted octanol–water partition coefficient (Wildman–Crippen LogP) is 2.55. The number of likely N-dealkylation sites (N-methyl/N-ethyl adjacent to an activating group) is 2. The average molecular weight is 761 g/mol. The molecule has 2 N–H and O–H groups in total. The summed E-state index contributed by atoms with van der Waals surface area (Å²) in [7, 11) is 4.03.